The first kappa shape index (κ1) is 17.4. The van der Waals surface area contributed by atoms with Gasteiger partial charge in [0.2, 0.25) is 0 Å². The van der Waals surface area contributed by atoms with E-state index in [2.05, 4.69) is 10.2 Å². The third-order valence-corrected chi connectivity index (χ3v) is 5.40. The van der Waals surface area contributed by atoms with Gasteiger partial charge in [-0.25, -0.2) is 0 Å². The van der Waals surface area contributed by atoms with Crippen LogP contribution in [0.2, 0.25) is 0 Å². The first-order chi connectivity index (χ1) is 12.9. The largest absolute Gasteiger partial charge is 0.465 e. The Hall–Kier alpha value is -3.02. The first-order valence-electron chi connectivity index (χ1n) is 9.04. The number of rotatable bonds is 3. The average molecular weight is 363 g/mol. The fourth-order valence-electron chi connectivity index (χ4n) is 4.03. The number of aromatic nitrogens is 3. The Morgan fingerprint density at radius 1 is 1.07 bits per heavy atom. The molecule has 1 aliphatic carbocycles. The molecule has 2 atom stereocenters. The summed E-state index contributed by atoms with van der Waals surface area (Å²) in [4.78, 5) is 27.6. The van der Waals surface area contributed by atoms with Gasteiger partial charge in [-0.05, 0) is 38.5 Å². The number of esters is 1. The molecule has 0 bridgehead atoms. The third kappa shape index (κ3) is 2.47. The highest BCUT2D eigenvalue weighted by molar-refractivity contribution is 6.14. The van der Waals surface area contributed by atoms with Crippen molar-refractivity contribution >= 4 is 22.8 Å². The molecule has 2 aromatic carbocycles. The van der Waals surface area contributed by atoms with E-state index in [1.54, 1.807) is 30.8 Å². The molecule has 6 nitrogen and oxygen atoms in total. The molecule has 0 unspecified atom stereocenters. The molecular formula is C21H21N3O3. The summed E-state index contributed by atoms with van der Waals surface area (Å²) in [6.45, 7) is 5.59. The Morgan fingerprint density at radius 2 is 1.67 bits per heavy atom. The van der Waals surface area contributed by atoms with Gasteiger partial charge < -0.3 is 4.74 Å². The fourth-order valence-corrected chi connectivity index (χ4v) is 4.03. The van der Waals surface area contributed by atoms with Crippen molar-refractivity contribution in [2.75, 3.05) is 6.61 Å². The zero-order valence-corrected chi connectivity index (χ0v) is 15.6. The van der Waals surface area contributed by atoms with Gasteiger partial charge in [-0.3, -0.25) is 9.59 Å². The predicted octanol–water partition coefficient (Wildman–Crippen LogP) is 3.35. The average Bonchev–Trinajstić information content (AvgIpc) is 3.11. The van der Waals surface area contributed by atoms with Gasteiger partial charge in [0.25, 0.3) is 0 Å². The van der Waals surface area contributed by atoms with Crippen LogP contribution < -0.4 is 0 Å². The molecule has 0 fully saturated rings. The fraction of sp³-hybridized carbons (Fsp3) is 0.333. The zero-order valence-electron chi connectivity index (χ0n) is 15.6. The van der Waals surface area contributed by atoms with Crippen LogP contribution in [0.15, 0.2) is 48.5 Å². The summed E-state index contributed by atoms with van der Waals surface area (Å²) in [7, 11) is 0. The van der Waals surface area contributed by atoms with Crippen molar-refractivity contribution in [3.63, 3.8) is 0 Å². The molecule has 138 valence electrons. The minimum Gasteiger partial charge on any atom is -0.465 e. The van der Waals surface area contributed by atoms with Gasteiger partial charge in [-0.15, -0.1) is 0 Å². The van der Waals surface area contributed by atoms with Crippen molar-refractivity contribution in [1.29, 1.82) is 0 Å². The quantitative estimate of drug-likeness (QED) is 0.527. The van der Waals surface area contributed by atoms with Crippen LogP contribution in [0.3, 0.4) is 0 Å². The summed E-state index contributed by atoms with van der Waals surface area (Å²) in [6.07, 6.45) is 0.232. The monoisotopic (exact) mass is 363 g/mol. The van der Waals surface area contributed by atoms with Crippen LogP contribution in [0.25, 0.3) is 11.0 Å². The number of hydrogen-bond donors (Lipinski definition) is 0. The molecule has 4 rings (SSSR count). The molecule has 0 saturated heterocycles. The molecule has 0 saturated carbocycles. The number of hydrogen-bond acceptors (Lipinski definition) is 5. The second-order valence-corrected chi connectivity index (χ2v) is 7.36. The molecule has 27 heavy (non-hydrogen) atoms. The lowest BCUT2D eigenvalue weighted by molar-refractivity contribution is -0.153. The third-order valence-electron chi connectivity index (χ3n) is 5.40. The smallest absolute Gasteiger partial charge is 0.319 e. The number of Topliss-reactive ketones (excluding diaryl/α,β-unsaturated/α-hetero) is 1. The van der Waals surface area contributed by atoms with Gasteiger partial charge in [0.15, 0.2) is 5.78 Å². The van der Waals surface area contributed by atoms with E-state index in [1.165, 1.54) is 0 Å². The highest BCUT2D eigenvalue weighted by atomic mass is 16.5. The van der Waals surface area contributed by atoms with Gasteiger partial charge >= 0.3 is 5.97 Å². The lowest BCUT2D eigenvalue weighted by atomic mass is 9.64. The summed E-state index contributed by atoms with van der Waals surface area (Å²) >= 11 is 0. The predicted molar refractivity (Wildman–Crippen MR) is 100 cm³/mol. The number of carbonyl (C=O) groups excluding carboxylic acids is 2. The van der Waals surface area contributed by atoms with Gasteiger partial charge in [-0.1, -0.05) is 36.4 Å². The maximum absolute atomic E-state index is 13.2. The second kappa shape index (κ2) is 6.01. The lowest BCUT2D eigenvalue weighted by Crippen LogP contribution is -2.51. The first-order valence-corrected chi connectivity index (χ1v) is 9.04. The summed E-state index contributed by atoms with van der Waals surface area (Å²) < 4.78 is 5.25. The maximum Gasteiger partial charge on any atom is 0.319 e. The molecule has 0 radical (unpaired) electrons. The van der Waals surface area contributed by atoms with Crippen molar-refractivity contribution in [3.8, 4) is 0 Å². The normalized spacial score (nSPS) is 24.6. The van der Waals surface area contributed by atoms with Crippen LogP contribution in [-0.4, -0.2) is 33.4 Å². The Kier molecular flexibility index (Phi) is 3.87. The molecule has 0 spiro atoms. The summed E-state index contributed by atoms with van der Waals surface area (Å²) in [5.41, 5.74) is 0.821. The summed E-state index contributed by atoms with van der Waals surface area (Å²) in [6, 6.07) is 15.0. The molecule has 0 aliphatic heterocycles. The molecule has 1 aromatic heterocycles. The van der Waals surface area contributed by atoms with Crippen molar-refractivity contribution in [1.82, 2.24) is 15.0 Å². The van der Waals surface area contributed by atoms with Crippen LogP contribution >= 0.6 is 0 Å². The zero-order chi connectivity index (χ0) is 19.2. The second-order valence-electron chi connectivity index (χ2n) is 7.36. The van der Waals surface area contributed by atoms with E-state index in [9.17, 15) is 9.59 Å². The van der Waals surface area contributed by atoms with E-state index in [4.69, 9.17) is 4.74 Å². The number of carbonyl (C=O) groups is 2. The van der Waals surface area contributed by atoms with Gasteiger partial charge in [0.05, 0.1) is 6.61 Å². The van der Waals surface area contributed by atoms with Gasteiger partial charge in [0, 0.05) is 12.0 Å². The molecule has 0 amide bonds. The summed E-state index contributed by atoms with van der Waals surface area (Å²) in [5, 5.41) is 9.29. The van der Waals surface area contributed by atoms with Crippen LogP contribution in [0.4, 0.5) is 0 Å². The van der Waals surface area contributed by atoms with E-state index in [1.807, 2.05) is 43.3 Å². The Bertz CT molecular complexity index is 1020. The number of nitrogens with zero attached hydrogens (tertiary/aromatic N) is 3. The van der Waals surface area contributed by atoms with Crippen molar-refractivity contribution in [2.24, 2.45) is 5.41 Å². The van der Waals surface area contributed by atoms with E-state index < -0.39 is 16.9 Å². The summed E-state index contributed by atoms with van der Waals surface area (Å²) in [5.74, 6) is -0.724. The number of fused-ring (bicyclic) bond motifs is 2. The van der Waals surface area contributed by atoms with E-state index in [-0.39, 0.29) is 18.8 Å². The van der Waals surface area contributed by atoms with Crippen LogP contribution in [0.1, 0.15) is 43.1 Å². The van der Waals surface area contributed by atoms with E-state index in [0.717, 1.165) is 16.6 Å². The molecule has 0 N–H and O–H groups in total. The minimum atomic E-state index is -1.29. The Balaban J connectivity index is 1.94. The standard InChI is InChI=1S/C21H21N3O3/c1-4-27-19(26)20(2)13-21(3,15-10-6-5-9-14(15)18(20)25)24-22-16-11-7-8-12-17(16)23-24/h5-12H,4,13H2,1-3H3/t20-,21+/m1/s1. The van der Waals surface area contributed by atoms with Crippen molar-refractivity contribution in [2.45, 2.75) is 32.7 Å². The van der Waals surface area contributed by atoms with Crippen molar-refractivity contribution < 1.29 is 14.3 Å². The van der Waals surface area contributed by atoms with E-state index >= 15 is 0 Å². The molecule has 1 heterocycles. The van der Waals surface area contributed by atoms with Crippen LogP contribution in [0, 0.1) is 5.41 Å². The highest BCUT2D eigenvalue weighted by Crippen LogP contribution is 2.47. The molecular weight excluding hydrogens is 342 g/mol. The lowest BCUT2D eigenvalue weighted by Gasteiger charge is -2.42. The molecule has 1 aliphatic rings. The van der Waals surface area contributed by atoms with Gasteiger partial charge in [0.1, 0.15) is 22.0 Å². The van der Waals surface area contributed by atoms with E-state index in [0.29, 0.717) is 5.56 Å². The minimum absolute atomic E-state index is 0.217. The van der Waals surface area contributed by atoms with Crippen LogP contribution in [-0.2, 0) is 15.1 Å². The maximum atomic E-state index is 13.2. The highest BCUT2D eigenvalue weighted by Gasteiger charge is 2.55. The number of benzene rings is 2. The Morgan fingerprint density at radius 3 is 2.30 bits per heavy atom. The molecule has 6 heteroatoms. The number of ketones is 1. The Labute approximate surface area is 157 Å². The topological polar surface area (TPSA) is 74.1 Å². The van der Waals surface area contributed by atoms with Crippen LogP contribution in [0.5, 0.6) is 0 Å². The number of ether oxygens (including phenoxy) is 1. The molecule has 3 aromatic rings. The SMILES string of the molecule is CCOC(=O)[C@]1(C)C[C@](C)(n2nc3ccccc3n2)c2ccccc2C1=O. The van der Waals surface area contributed by atoms with Crippen molar-refractivity contribution in [3.05, 3.63) is 59.7 Å². The van der Waals surface area contributed by atoms with Gasteiger partial charge in [-0.2, -0.15) is 15.0 Å².